The molecule has 0 spiro atoms. The lowest BCUT2D eigenvalue weighted by molar-refractivity contribution is -0.385. The molecule has 0 aromatic heterocycles. The number of likely N-dealkylation sites (tertiary alicyclic amines) is 1. The number of nitro groups is 1. The molecule has 0 aliphatic carbocycles. The van der Waals surface area contributed by atoms with Crippen molar-refractivity contribution in [1.29, 1.82) is 0 Å². The van der Waals surface area contributed by atoms with Gasteiger partial charge < -0.3 is 4.90 Å². The third kappa shape index (κ3) is 2.72. The van der Waals surface area contributed by atoms with Crippen LogP contribution < -0.4 is 0 Å². The van der Waals surface area contributed by atoms with Gasteiger partial charge in [-0.05, 0) is 38.3 Å². The second kappa shape index (κ2) is 5.34. The first kappa shape index (κ1) is 13.5. The van der Waals surface area contributed by atoms with E-state index in [9.17, 15) is 19.3 Å². The first-order chi connectivity index (χ1) is 9.00. The van der Waals surface area contributed by atoms with Gasteiger partial charge in [-0.2, -0.15) is 0 Å². The summed E-state index contributed by atoms with van der Waals surface area (Å²) in [5.41, 5.74) is -0.511. The van der Waals surface area contributed by atoms with Gasteiger partial charge in [0.1, 0.15) is 11.4 Å². The maximum atomic E-state index is 13.2. The summed E-state index contributed by atoms with van der Waals surface area (Å²) in [6, 6.07) is 3.01. The summed E-state index contributed by atoms with van der Waals surface area (Å²) in [6.07, 6.45) is 2.78. The average Bonchev–Trinajstić information content (AvgIpc) is 2.38. The third-order valence-electron chi connectivity index (χ3n) is 3.45. The number of piperidine rings is 1. The standard InChI is InChI=1S/C13H15FN2O3/c1-9-4-2-3-7-15(9)13(17)11-8-10(14)5-6-12(11)16(18)19/h5-6,8-9H,2-4,7H2,1H3. The van der Waals surface area contributed by atoms with Crippen LogP contribution in [0.2, 0.25) is 0 Å². The lowest BCUT2D eigenvalue weighted by atomic mass is 10.0. The van der Waals surface area contributed by atoms with E-state index >= 15 is 0 Å². The Bertz CT molecular complexity index is 519. The summed E-state index contributed by atoms with van der Waals surface area (Å²) < 4.78 is 13.2. The van der Waals surface area contributed by atoms with Gasteiger partial charge >= 0.3 is 0 Å². The second-order valence-electron chi connectivity index (χ2n) is 4.76. The number of nitro benzene ring substituents is 1. The third-order valence-corrected chi connectivity index (χ3v) is 3.45. The van der Waals surface area contributed by atoms with Gasteiger partial charge in [-0.3, -0.25) is 14.9 Å². The van der Waals surface area contributed by atoms with Crippen molar-refractivity contribution in [2.75, 3.05) is 6.54 Å². The molecular weight excluding hydrogens is 251 g/mol. The summed E-state index contributed by atoms with van der Waals surface area (Å²) in [7, 11) is 0. The Kier molecular flexibility index (Phi) is 3.78. The number of rotatable bonds is 2. The van der Waals surface area contributed by atoms with E-state index in [0.717, 1.165) is 37.5 Å². The molecule has 1 saturated heterocycles. The minimum absolute atomic E-state index is 0.0316. The van der Waals surface area contributed by atoms with Gasteiger partial charge in [-0.25, -0.2) is 4.39 Å². The molecule has 1 aromatic carbocycles. The van der Waals surface area contributed by atoms with Crippen LogP contribution in [0, 0.1) is 15.9 Å². The number of benzene rings is 1. The van der Waals surface area contributed by atoms with Crippen molar-refractivity contribution >= 4 is 11.6 Å². The molecule has 1 aliphatic heterocycles. The van der Waals surface area contributed by atoms with Crippen molar-refractivity contribution < 1.29 is 14.1 Å². The van der Waals surface area contributed by atoms with Gasteiger partial charge in [0.05, 0.1) is 4.92 Å². The van der Waals surface area contributed by atoms with Crippen LogP contribution >= 0.6 is 0 Å². The Hall–Kier alpha value is -1.98. The number of hydrogen-bond acceptors (Lipinski definition) is 3. The fraction of sp³-hybridized carbons (Fsp3) is 0.462. The molecule has 1 atom stereocenters. The highest BCUT2D eigenvalue weighted by atomic mass is 19.1. The highest BCUT2D eigenvalue weighted by Crippen LogP contribution is 2.25. The van der Waals surface area contributed by atoms with Crippen LogP contribution in [0.5, 0.6) is 0 Å². The lowest BCUT2D eigenvalue weighted by Crippen LogP contribution is -2.42. The van der Waals surface area contributed by atoms with Crippen LogP contribution in [0.3, 0.4) is 0 Å². The van der Waals surface area contributed by atoms with Crippen molar-refractivity contribution in [3.63, 3.8) is 0 Å². The highest BCUT2D eigenvalue weighted by molar-refractivity contribution is 5.98. The normalized spacial score (nSPS) is 19.3. The minimum Gasteiger partial charge on any atom is -0.336 e. The molecule has 0 saturated carbocycles. The van der Waals surface area contributed by atoms with E-state index in [0.29, 0.717) is 6.54 Å². The first-order valence-electron chi connectivity index (χ1n) is 6.25. The van der Waals surface area contributed by atoms with Crippen molar-refractivity contribution in [3.8, 4) is 0 Å². The zero-order chi connectivity index (χ0) is 14.0. The Morgan fingerprint density at radius 2 is 2.21 bits per heavy atom. The molecule has 0 bridgehead atoms. The second-order valence-corrected chi connectivity index (χ2v) is 4.76. The molecule has 2 rings (SSSR count). The number of hydrogen-bond donors (Lipinski definition) is 0. The van der Waals surface area contributed by atoms with Gasteiger partial charge in [0.15, 0.2) is 0 Å². The molecule has 5 nitrogen and oxygen atoms in total. The average molecular weight is 266 g/mol. The zero-order valence-corrected chi connectivity index (χ0v) is 10.6. The van der Waals surface area contributed by atoms with Crippen LogP contribution in [0.25, 0.3) is 0 Å². The van der Waals surface area contributed by atoms with Crippen LogP contribution in [0.15, 0.2) is 18.2 Å². The van der Waals surface area contributed by atoms with Gasteiger partial charge in [0.2, 0.25) is 0 Å². The molecule has 1 amide bonds. The Morgan fingerprint density at radius 3 is 2.84 bits per heavy atom. The van der Waals surface area contributed by atoms with E-state index in [1.165, 1.54) is 0 Å². The van der Waals surface area contributed by atoms with Crippen molar-refractivity contribution in [2.24, 2.45) is 0 Å². The smallest absolute Gasteiger partial charge is 0.282 e. The summed E-state index contributed by atoms with van der Waals surface area (Å²) in [6.45, 7) is 2.47. The molecule has 19 heavy (non-hydrogen) atoms. The summed E-state index contributed by atoms with van der Waals surface area (Å²) in [4.78, 5) is 24.2. The SMILES string of the molecule is CC1CCCCN1C(=O)c1cc(F)ccc1[N+](=O)[O-]. The fourth-order valence-corrected chi connectivity index (χ4v) is 2.39. The number of amides is 1. The van der Waals surface area contributed by atoms with Gasteiger partial charge in [-0.1, -0.05) is 0 Å². The number of carbonyl (C=O) groups excluding carboxylic acids is 1. The van der Waals surface area contributed by atoms with E-state index in [1.54, 1.807) is 4.90 Å². The molecule has 1 aliphatic rings. The van der Waals surface area contributed by atoms with Crippen molar-refractivity contribution in [2.45, 2.75) is 32.2 Å². The van der Waals surface area contributed by atoms with E-state index in [2.05, 4.69) is 0 Å². The van der Waals surface area contributed by atoms with Crippen molar-refractivity contribution in [3.05, 3.63) is 39.7 Å². The summed E-state index contributed by atoms with van der Waals surface area (Å²) >= 11 is 0. The molecule has 1 aromatic rings. The predicted octanol–water partition coefficient (Wildman–Crippen LogP) is 2.75. The van der Waals surface area contributed by atoms with Gasteiger partial charge in [-0.15, -0.1) is 0 Å². The topological polar surface area (TPSA) is 63.5 Å². The molecule has 102 valence electrons. The zero-order valence-electron chi connectivity index (χ0n) is 10.6. The van der Waals surface area contributed by atoms with E-state index in [1.807, 2.05) is 6.92 Å². The molecule has 1 heterocycles. The van der Waals surface area contributed by atoms with E-state index in [4.69, 9.17) is 0 Å². The molecule has 1 unspecified atom stereocenters. The molecular formula is C13H15FN2O3. The number of carbonyl (C=O) groups is 1. The molecule has 1 fully saturated rings. The van der Waals surface area contributed by atoms with Crippen LogP contribution in [0.1, 0.15) is 36.5 Å². The predicted molar refractivity (Wildman–Crippen MR) is 67.4 cm³/mol. The quantitative estimate of drug-likeness (QED) is 0.610. The van der Waals surface area contributed by atoms with E-state index in [-0.39, 0.29) is 17.3 Å². The first-order valence-corrected chi connectivity index (χ1v) is 6.25. The molecule has 0 N–H and O–H groups in total. The van der Waals surface area contributed by atoms with E-state index < -0.39 is 16.6 Å². The lowest BCUT2D eigenvalue weighted by Gasteiger charge is -2.33. The van der Waals surface area contributed by atoms with Gasteiger partial charge in [0.25, 0.3) is 11.6 Å². The maximum absolute atomic E-state index is 13.2. The highest BCUT2D eigenvalue weighted by Gasteiger charge is 2.29. The fourth-order valence-electron chi connectivity index (χ4n) is 2.39. The Balaban J connectivity index is 2.37. The largest absolute Gasteiger partial charge is 0.336 e. The van der Waals surface area contributed by atoms with Crippen LogP contribution in [-0.4, -0.2) is 28.3 Å². The Labute approximate surface area is 110 Å². The Morgan fingerprint density at radius 1 is 1.47 bits per heavy atom. The van der Waals surface area contributed by atoms with Crippen LogP contribution in [-0.2, 0) is 0 Å². The molecule has 6 heteroatoms. The summed E-state index contributed by atoms with van der Waals surface area (Å²) in [5.74, 6) is -1.10. The maximum Gasteiger partial charge on any atom is 0.282 e. The summed E-state index contributed by atoms with van der Waals surface area (Å²) in [5, 5.41) is 10.9. The monoisotopic (exact) mass is 266 g/mol. The number of halogens is 1. The van der Waals surface area contributed by atoms with Gasteiger partial charge in [0, 0.05) is 18.7 Å². The van der Waals surface area contributed by atoms with Crippen LogP contribution in [0.4, 0.5) is 10.1 Å². The number of nitrogens with zero attached hydrogens (tertiary/aromatic N) is 2. The molecule has 0 radical (unpaired) electrons. The van der Waals surface area contributed by atoms with Crippen molar-refractivity contribution in [1.82, 2.24) is 4.90 Å². The minimum atomic E-state index is -0.652.